The molecule has 0 aliphatic heterocycles. The number of nitrogens with one attached hydrogen (secondary N) is 1. The zero-order chi connectivity index (χ0) is 20.3. The molecule has 1 aromatic heterocycles. The Balaban J connectivity index is 2.22. The molecule has 2 aromatic carbocycles. The van der Waals surface area contributed by atoms with Gasteiger partial charge in [-0.2, -0.15) is 0 Å². The Kier molecular flexibility index (Phi) is 6.02. The van der Waals surface area contributed by atoms with E-state index in [2.05, 4.69) is 10.3 Å². The molecule has 0 amide bonds. The monoisotopic (exact) mass is 418 g/mol. The highest BCUT2D eigenvalue weighted by atomic mass is 35.5. The van der Waals surface area contributed by atoms with E-state index in [1.54, 1.807) is 43.3 Å². The molecule has 0 aliphatic rings. The van der Waals surface area contributed by atoms with Crippen LogP contribution in [0.15, 0.2) is 42.6 Å². The Bertz CT molecular complexity index is 1050. The van der Waals surface area contributed by atoms with Crippen LogP contribution >= 0.6 is 23.2 Å². The van der Waals surface area contributed by atoms with Crippen LogP contribution in [0.1, 0.15) is 27.6 Å². The van der Waals surface area contributed by atoms with Crippen molar-refractivity contribution in [3.63, 3.8) is 0 Å². The number of pyridine rings is 1. The van der Waals surface area contributed by atoms with Crippen molar-refractivity contribution in [2.45, 2.75) is 6.92 Å². The van der Waals surface area contributed by atoms with E-state index in [0.29, 0.717) is 37.9 Å². The fourth-order valence-corrected chi connectivity index (χ4v) is 3.23. The van der Waals surface area contributed by atoms with Gasteiger partial charge in [0.05, 0.1) is 30.5 Å². The van der Waals surface area contributed by atoms with Gasteiger partial charge in [0, 0.05) is 27.3 Å². The molecule has 28 heavy (non-hydrogen) atoms. The van der Waals surface area contributed by atoms with Gasteiger partial charge in [0.25, 0.3) is 0 Å². The molecule has 0 unspecified atom stereocenters. The Morgan fingerprint density at radius 2 is 1.79 bits per heavy atom. The summed E-state index contributed by atoms with van der Waals surface area (Å²) >= 11 is 12.2. The lowest BCUT2D eigenvalue weighted by atomic mass is 10.1. The molecule has 0 aliphatic carbocycles. The van der Waals surface area contributed by atoms with Crippen molar-refractivity contribution in [1.82, 2.24) is 4.98 Å². The van der Waals surface area contributed by atoms with Crippen LogP contribution in [0.25, 0.3) is 10.9 Å². The normalized spacial score (nSPS) is 10.6. The first-order chi connectivity index (χ1) is 13.4. The molecule has 0 spiro atoms. The average Bonchev–Trinajstić information content (AvgIpc) is 2.66. The summed E-state index contributed by atoms with van der Waals surface area (Å²) in [6.07, 6.45) is 1.42. The third-order valence-corrected chi connectivity index (χ3v) is 4.35. The van der Waals surface area contributed by atoms with Crippen molar-refractivity contribution in [1.29, 1.82) is 0 Å². The van der Waals surface area contributed by atoms with Crippen molar-refractivity contribution in [3.05, 3.63) is 63.8 Å². The van der Waals surface area contributed by atoms with Crippen LogP contribution in [-0.2, 0) is 9.47 Å². The van der Waals surface area contributed by atoms with E-state index in [0.717, 1.165) is 0 Å². The van der Waals surface area contributed by atoms with Crippen molar-refractivity contribution in [3.8, 4) is 0 Å². The van der Waals surface area contributed by atoms with E-state index in [4.69, 9.17) is 32.7 Å². The maximum Gasteiger partial charge on any atom is 0.341 e. The van der Waals surface area contributed by atoms with Crippen LogP contribution in [-0.4, -0.2) is 30.6 Å². The van der Waals surface area contributed by atoms with Crippen molar-refractivity contribution < 1.29 is 19.1 Å². The van der Waals surface area contributed by atoms with Gasteiger partial charge >= 0.3 is 11.9 Å². The second-order valence-corrected chi connectivity index (χ2v) is 6.65. The summed E-state index contributed by atoms with van der Waals surface area (Å²) in [6, 6.07) is 9.81. The van der Waals surface area contributed by atoms with Crippen molar-refractivity contribution in [2.75, 3.05) is 19.0 Å². The SMILES string of the molecule is CCOC(=O)c1cnc2ccc(C(=O)OC)cc2c1Nc1cc(Cl)cc(Cl)c1. The predicted octanol–water partition coefficient (Wildman–Crippen LogP) is 5.25. The lowest BCUT2D eigenvalue weighted by Crippen LogP contribution is -2.10. The number of fused-ring (bicyclic) bond motifs is 1. The number of rotatable bonds is 5. The predicted molar refractivity (Wildman–Crippen MR) is 109 cm³/mol. The minimum absolute atomic E-state index is 0.210. The lowest BCUT2D eigenvalue weighted by molar-refractivity contribution is 0.0526. The smallest absolute Gasteiger partial charge is 0.341 e. The van der Waals surface area contributed by atoms with Gasteiger partial charge in [0.1, 0.15) is 5.56 Å². The number of carbonyl (C=O) groups is 2. The number of aromatic nitrogens is 1. The van der Waals surface area contributed by atoms with E-state index in [9.17, 15) is 9.59 Å². The Morgan fingerprint density at radius 1 is 1.07 bits per heavy atom. The van der Waals surface area contributed by atoms with Gasteiger partial charge in [-0.25, -0.2) is 9.59 Å². The largest absolute Gasteiger partial charge is 0.465 e. The van der Waals surface area contributed by atoms with Crippen LogP contribution in [0.4, 0.5) is 11.4 Å². The van der Waals surface area contributed by atoms with Crippen molar-refractivity contribution in [2.24, 2.45) is 0 Å². The van der Waals surface area contributed by atoms with Crippen LogP contribution in [0.3, 0.4) is 0 Å². The second kappa shape index (κ2) is 8.46. The molecule has 6 nitrogen and oxygen atoms in total. The first kappa shape index (κ1) is 19.9. The number of esters is 2. The Morgan fingerprint density at radius 3 is 2.43 bits per heavy atom. The molecular formula is C20H16Cl2N2O4. The summed E-state index contributed by atoms with van der Waals surface area (Å²) in [7, 11) is 1.30. The first-order valence-electron chi connectivity index (χ1n) is 8.34. The molecule has 0 atom stereocenters. The number of anilines is 2. The van der Waals surface area contributed by atoms with Gasteiger partial charge in [-0.05, 0) is 43.3 Å². The average molecular weight is 419 g/mol. The molecule has 0 saturated heterocycles. The third kappa shape index (κ3) is 4.18. The van der Waals surface area contributed by atoms with Gasteiger partial charge < -0.3 is 14.8 Å². The van der Waals surface area contributed by atoms with Gasteiger partial charge in [-0.1, -0.05) is 23.2 Å². The molecular weight excluding hydrogens is 403 g/mol. The highest BCUT2D eigenvalue weighted by Crippen LogP contribution is 2.32. The van der Waals surface area contributed by atoms with E-state index in [1.165, 1.54) is 13.3 Å². The highest BCUT2D eigenvalue weighted by molar-refractivity contribution is 6.35. The molecule has 144 valence electrons. The summed E-state index contributed by atoms with van der Waals surface area (Å²) in [6.45, 7) is 1.92. The minimum atomic E-state index is -0.545. The Hall–Kier alpha value is -2.83. The third-order valence-electron chi connectivity index (χ3n) is 3.92. The molecule has 0 saturated carbocycles. The van der Waals surface area contributed by atoms with Crippen LogP contribution in [0, 0.1) is 0 Å². The quantitative estimate of drug-likeness (QED) is 0.570. The zero-order valence-electron chi connectivity index (χ0n) is 15.1. The van der Waals surface area contributed by atoms with Gasteiger partial charge in [0.2, 0.25) is 0 Å². The minimum Gasteiger partial charge on any atom is -0.465 e. The second-order valence-electron chi connectivity index (χ2n) is 5.77. The summed E-state index contributed by atoms with van der Waals surface area (Å²) in [4.78, 5) is 28.7. The van der Waals surface area contributed by atoms with Gasteiger partial charge in [-0.3, -0.25) is 4.98 Å². The number of ether oxygens (including phenoxy) is 2. The summed E-state index contributed by atoms with van der Waals surface area (Å²) in [5.74, 6) is -1.05. The summed E-state index contributed by atoms with van der Waals surface area (Å²) < 4.78 is 9.92. The molecule has 0 radical (unpaired) electrons. The van der Waals surface area contributed by atoms with E-state index < -0.39 is 11.9 Å². The van der Waals surface area contributed by atoms with Crippen molar-refractivity contribution >= 4 is 57.4 Å². The van der Waals surface area contributed by atoms with Crippen LogP contribution in [0.2, 0.25) is 10.0 Å². The highest BCUT2D eigenvalue weighted by Gasteiger charge is 2.19. The fraction of sp³-hybridized carbons (Fsp3) is 0.150. The molecule has 8 heteroatoms. The number of nitrogens with zero attached hydrogens (tertiary/aromatic N) is 1. The number of halogens is 2. The molecule has 3 rings (SSSR count). The lowest BCUT2D eigenvalue weighted by Gasteiger charge is -2.15. The number of carbonyl (C=O) groups excluding carboxylic acids is 2. The molecule has 0 fully saturated rings. The standard InChI is InChI=1S/C20H16Cl2N2O4/c1-3-28-20(26)16-10-23-17-5-4-11(19(25)27-2)6-15(17)18(16)24-14-8-12(21)7-13(22)9-14/h4-10H,3H2,1-2H3,(H,23,24). The zero-order valence-corrected chi connectivity index (χ0v) is 16.6. The van der Waals surface area contributed by atoms with Gasteiger partial charge in [0.15, 0.2) is 0 Å². The summed E-state index contributed by atoms with van der Waals surface area (Å²) in [5.41, 5.74) is 2.11. The Labute approximate surface area is 171 Å². The maximum absolute atomic E-state index is 12.5. The number of hydrogen-bond donors (Lipinski definition) is 1. The fourth-order valence-electron chi connectivity index (χ4n) is 2.71. The van der Waals surface area contributed by atoms with Gasteiger partial charge in [-0.15, -0.1) is 0 Å². The summed E-state index contributed by atoms with van der Waals surface area (Å²) in [5, 5.41) is 4.57. The number of hydrogen-bond acceptors (Lipinski definition) is 6. The molecule has 3 aromatic rings. The van der Waals surface area contributed by atoms with E-state index in [1.807, 2.05) is 0 Å². The number of methoxy groups -OCH3 is 1. The molecule has 1 N–H and O–H groups in total. The number of benzene rings is 2. The first-order valence-corrected chi connectivity index (χ1v) is 9.09. The van der Waals surface area contributed by atoms with Crippen LogP contribution < -0.4 is 5.32 Å². The molecule has 1 heterocycles. The van der Waals surface area contributed by atoms with E-state index >= 15 is 0 Å². The molecule has 0 bridgehead atoms. The van der Waals surface area contributed by atoms with Crippen LogP contribution in [0.5, 0.6) is 0 Å². The van der Waals surface area contributed by atoms with E-state index in [-0.39, 0.29) is 12.2 Å². The maximum atomic E-state index is 12.5. The topological polar surface area (TPSA) is 77.5 Å².